The molecule has 1 saturated heterocycles. The van der Waals surface area contributed by atoms with Crippen LogP contribution in [-0.4, -0.2) is 35.3 Å². The van der Waals surface area contributed by atoms with Gasteiger partial charge in [0.25, 0.3) is 5.89 Å². The molecule has 0 unspecified atom stereocenters. The smallest absolute Gasteiger partial charge is 0.251 e. The van der Waals surface area contributed by atoms with Gasteiger partial charge in [0.2, 0.25) is 5.89 Å². The van der Waals surface area contributed by atoms with Crippen LogP contribution in [0.5, 0.6) is 5.75 Å². The van der Waals surface area contributed by atoms with E-state index in [4.69, 9.17) is 9.15 Å². The number of nitrogens with zero attached hydrogens (tertiary/aromatic N) is 3. The normalized spacial score (nSPS) is 15.8. The molecule has 1 aliphatic rings. The van der Waals surface area contributed by atoms with Crippen molar-refractivity contribution in [2.24, 2.45) is 0 Å². The quantitative estimate of drug-likeness (QED) is 0.843. The number of hydrogen-bond acceptors (Lipinski definition) is 5. The maximum atomic E-state index is 5.73. The molecule has 2 aromatic rings. The van der Waals surface area contributed by atoms with Gasteiger partial charge in [-0.3, -0.25) is 4.90 Å². The van der Waals surface area contributed by atoms with Gasteiger partial charge in [0.1, 0.15) is 5.75 Å². The van der Waals surface area contributed by atoms with Gasteiger partial charge in [-0.1, -0.05) is 12.1 Å². The second kappa shape index (κ2) is 5.40. The summed E-state index contributed by atoms with van der Waals surface area (Å²) < 4.78 is 11.0. The average Bonchev–Trinajstić information content (AvgIpc) is 3.11. The monoisotopic (exact) mass is 259 g/mol. The van der Waals surface area contributed by atoms with Crippen LogP contribution in [-0.2, 0) is 6.54 Å². The lowest BCUT2D eigenvalue weighted by Crippen LogP contribution is -2.18. The van der Waals surface area contributed by atoms with Crippen LogP contribution in [0.15, 0.2) is 28.7 Å². The summed E-state index contributed by atoms with van der Waals surface area (Å²) in [6, 6.07) is 7.66. The molecule has 1 aromatic heterocycles. The Morgan fingerprint density at radius 2 is 2.00 bits per heavy atom. The molecule has 100 valence electrons. The molecule has 2 heterocycles. The van der Waals surface area contributed by atoms with Crippen LogP contribution in [0.4, 0.5) is 0 Å². The van der Waals surface area contributed by atoms with Crippen LogP contribution >= 0.6 is 0 Å². The summed E-state index contributed by atoms with van der Waals surface area (Å²) >= 11 is 0. The van der Waals surface area contributed by atoms with Gasteiger partial charge >= 0.3 is 0 Å². The first-order valence-corrected chi connectivity index (χ1v) is 6.55. The minimum absolute atomic E-state index is 0.520. The Kier molecular flexibility index (Phi) is 3.46. The highest BCUT2D eigenvalue weighted by Gasteiger charge is 2.17. The summed E-state index contributed by atoms with van der Waals surface area (Å²) in [5.74, 6) is 1.94. The van der Waals surface area contributed by atoms with Gasteiger partial charge in [-0.15, -0.1) is 10.2 Å². The maximum absolute atomic E-state index is 5.73. The zero-order chi connectivity index (χ0) is 13.1. The first-order valence-electron chi connectivity index (χ1n) is 6.55. The molecule has 0 bridgehead atoms. The summed E-state index contributed by atoms with van der Waals surface area (Å²) in [4.78, 5) is 2.33. The number of aromatic nitrogens is 2. The van der Waals surface area contributed by atoms with Crippen LogP contribution in [0.25, 0.3) is 11.5 Å². The van der Waals surface area contributed by atoms with Crippen LogP contribution in [0.3, 0.4) is 0 Å². The highest BCUT2D eigenvalue weighted by Crippen LogP contribution is 2.28. The van der Waals surface area contributed by atoms with Crippen LogP contribution in [0.2, 0.25) is 0 Å². The Labute approximate surface area is 112 Å². The Bertz CT molecular complexity index is 547. The SMILES string of the molecule is COc1ccccc1-c1nnc(CN2CCCC2)o1. The standard InChI is InChI=1S/C14H17N3O2/c1-18-12-7-3-2-6-11(12)14-16-15-13(19-14)10-17-8-4-5-9-17/h2-3,6-7H,4-5,8-10H2,1H3. The number of benzene rings is 1. The van der Waals surface area contributed by atoms with Crippen LogP contribution < -0.4 is 4.74 Å². The van der Waals surface area contributed by atoms with Crippen molar-refractivity contribution in [3.05, 3.63) is 30.2 Å². The average molecular weight is 259 g/mol. The van der Waals surface area contributed by atoms with Gasteiger partial charge in [0, 0.05) is 0 Å². The van der Waals surface area contributed by atoms with E-state index in [-0.39, 0.29) is 0 Å². The highest BCUT2D eigenvalue weighted by atomic mass is 16.5. The lowest BCUT2D eigenvalue weighted by molar-refractivity contribution is 0.292. The number of ether oxygens (including phenoxy) is 1. The number of hydrogen-bond donors (Lipinski definition) is 0. The molecule has 3 rings (SSSR count). The fraction of sp³-hybridized carbons (Fsp3) is 0.429. The van der Waals surface area contributed by atoms with E-state index in [1.165, 1.54) is 12.8 Å². The zero-order valence-electron chi connectivity index (χ0n) is 11.0. The van der Waals surface area contributed by atoms with Crippen molar-refractivity contribution in [1.82, 2.24) is 15.1 Å². The molecule has 0 spiro atoms. The Hall–Kier alpha value is -1.88. The van der Waals surface area contributed by atoms with Crippen molar-refractivity contribution in [2.45, 2.75) is 19.4 Å². The molecule has 1 aliphatic heterocycles. The summed E-state index contributed by atoms with van der Waals surface area (Å²) in [6.07, 6.45) is 2.51. The fourth-order valence-electron chi connectivity index (χ4n) is 2.38. The number of likely N-dealkylation sites (tertiary alicyclic amines) is 1. The van der Waals surface area contributed by atoms with E-state index < -0.39 is 0 Å². The van der Waals surface area contributed by atoms with E-state index in [2.05, 4.69) is 15.1 Å². The first-order chi connectivity index (χ1) is 9.36. The van der Waals surface area contributed by atoms with E-state index in [0.29, 0.717) is 11.8 Å². The number of methoxy groups -OCH3 is 1. The summed E-state index contributed by atoms with van der Waals surface area (Å²) in [7, 11) is 1.64. The van der Waals surface area contributed by atoms with Crippen molar-refractivity contribution in [3.63, 3.8) is 0 Å². The lowest BCUT2D eigenvalue weighted by Gasteiger charge is -2.10. The van der Waals surface area contributed by atoms with E-state index in [9.17, 15) is 0 Å². The molecule has 5 heteroatoms. The highest BCUT2D eigenvalue weighted by molar-refractivity contribution is 5.62. The molecule has 5 nitrogen and oxygen atoms in total. The van der Waals surface area contributed by atoms with Crippen LogP contribution in [0, 0.1) is 0 Å². The maximum Gasteiger partial charge on any atom is 0.251 e. The van der Waals surface area contributed by atoms with Gasteiger partial charge in [-0.25, -0.2) is 0 Å². The topological polar surface area (TPSA) is 51.4 Å². The molecule has 0 atom stereocenters. The minimum Gasteiger partial charge on any atom is -0.496 e. The van der Waals surface area contributed by atoms with Crippen molar-refractivity contribution < 1.29 is 9.15 Å². The molecular weight excluding hydrogens is 242 g/mol. The predicted octanol–water partition coefficient (Wildman–Crippen LogP) is 2.34. The van der Waals surface area contributed by atoms with Crippen molar-refractivity contribution in [2.75, 3.05) is 20.2 Å². The third-order valence-corrected chi connectivity index (χ3v) is 3.36. The molecule has 0 amide bonds. The van der Waals surface area contributed by atoms with Crippen molar-refractivity contribution in [1.29, 1.82) is 0 Å². The van der Waals surface area contributed by atoms with Crippen molar-refractivity contribution in [3.8, 4) is 17.2 Å². The predicted molar refractivity (Wildman–Crippen MR) is 70.8 cm³/mol. The van der Waals surface area contributed by atoms with Gasteiger partial charge in [0.15, 0.2) is 0 Å². The minimum atomic E-state index is 0.520. The van der Waals surface area contributed by atoms with E-state index in [0.717, 1.165) is 30.9 Å². The second-order valence-corrected chi connectivity index (χ2v) is 4.68. The third kappa shape index (κ3) is 2.61. The molecule has 0 radical (unpaired) electrons. The van der Waals surface area contributed by atoms with E-state index in [1.54, 1.807) is 7.11 Å². The second-order valence-electron chi connectivity index (χ2n) is 4.68. The Balaban J connectivity index is 1.80. The number of rotatable bonds is 4. The molecule has 19 heavy (non-hydrogen) atoms. The molecule has 0 saturated carbocycles. The summed E-state index contributed by atoms with van der Waals surface area (Å²) in [5.41, 5.74) is 0.838. The first kappa shape index (κ1) is 12.2. The zero-order valence-corrected chi connectivity index (χ0v) is 11.0. The van der Waals surface area contributed by atoms with Gasteiger partial charge in [0.05, 0.1) is 19.2 Å². The summed E-state index contributed by atoms with van der Waals surface area (Å²) in [6.45, 7) is 2.97. The Morgan fingerprint density at radius 1 is 1.21 bits per heavy atom. The summed E-state index contributed by atoms with van der Waals surface area (Å²) in [5, 5.41) is 8.23. The van der Waals surface area contributed by atoms with E-state index >= 15 is 0 Å². The molecule has 0 N–H and O–H groups in total. The third-order valence-electron chi connectivity index (χ3n) is 3.36. The largest absolute Gasteiger partial charge is 0.496 e. The van der Waals surface area contributed by atoms with E-state index in [1.807, 2.05) is 24.3 Å². The van der Waals surface area contributed by atoms with Gasteiger partial charge in [-0.05, 0) is 38.1 Å². The Morgan fingerprint density at radius 3 is 2.79 bits per heavy atom. The molecule has 0 aliphatic carbocycles. The molecular formula is C14H17N3O2. The number of para-hydroxylation sites is 1. The van der Waals surface area contributed by atoms with Gasteiger partial charge < -0.3 is 9.15 Å². The van der Waals surface area contributed by atoms with Crippen molar-refractivity contribution >= 4 is 0 Å². The fourth-order valence-corrected chi connectivity index (χ4v) is 2.38. The van der Waals surface area contributed by atoms with Crippen LogP contribution in [0.1, 0.15) is 18.7 Å². The van der Waals surface area contributed by atoms with Gasteiger partial charge in [-0.2, -0.15) is 0 Å². The molecule has 1 aromatic carbocycles. The lowest BCUT2D eigenvalue weighted by atomic mass is 10.2. The molecule has 1 fully saturated rings.